The maximum atomic E-state index is 12.3. The summed E-state index contributed by atoms with van der Waals surface area (Å²) in [4.78, 5) is 22.2. The van der Waals surface area contributed by atoms with Gasteiger partial charge < -0.3 is 14.6 Å². The molecule has 0 aliphatic heterocycles. The van der Waals surface area contributed by atoms with Gasteiger partial charge >= 0.3 is 13.9 Å². The number of phosphoric acid groups is 1. The van der Waals surface area contributed by atoms with Gasteiger partial charge in [0.1, 0.15) is 18.1 Å². The number of phosphoric ester groups is 1. The van der Waals surface area contributed by atoms with Crippen LogP contribution < -0.4 is 19.1 Å². The van der Waals surface area contributed by atoms with Gasteiger partial charge in [-0.15, -0.1) is 0 Å². The van der Waals surface area contributed by atoms with Crippen LogP contribution in [0.3, 0.4) is 0 Å². The van der Waals surface area contributed by atoms with E-state index in [1.54, 1.807) is 12.1 Å². The highest BCUT2D eigenvalue weighted by molar-refractivity contribution is 7.47. The third-order valence-electron chi connectivity index (χ3n) is 6.92. The molecule has 1 unspecified atom stereocenters. The van der Waals surface area contributed by atoms with Crippen LogP contribution in [-0.4, -0.2) is 24.1 Å². The zero-order chi connectivity index (χ0) is 29.4. The number of aromatic nitrogens is 1. The van der Waals surface area contributed by atoms with Crippen molar-refractivity contribution in [3.63, 3.8) is 0 Å². The molecule has 1 atom stereocenters. The molecule has 2 aromatic rings. The van der Waals surface area contributed by atoms with Crippen LogP contribution >= 0.6 is 7.82 Å². The fourth-order valence-electron chi connectivity index (χ4n) is 4.61. The average Bonchev–Trinajstić information content (AvgIpc) is 2.95. The SMILES string of the molecule is CCCCCCCCCCCCCCCCCCNC(=O)Oc1cccc(OP(=O)(O)OCC[n+]2ccccc2)c1. The molecule has 0 spiro atoms. The highest BCUT2D eigenvalue weighted by atomic mass is 31.2. The lowest BCUT2D eigenvalue weighted by molar-refractivity contribution is -0.697. The molecule has 230 valence electrons. The lowest BCUT2D eigenvalue weighted by atomic mass is 10.0. The zero-order valence-electron chi connectivity index (χ0n) is 25.0. The topological polar surface area (TPSA) is 98.0 Å². The van der Waals surface area contributed by atoms with Gasteiger partial charge in [0.05, 0.1) is 0 Å². The number of rotatable bonds is 24. The predicted octanol–water partition coefficient (Wildman–Crippen LogP) is 8.52. The lowest BCUT2D eigenvalue weighted by Gasteiger charge is -2.13. The number of pyridine rings is 1. The molecule has 0 saturated heterocycles. The zero-order valence-corrected chi connectivity index (χ0v) is 25.9. The van der Waals surface area contributed by atoms with Gasteiger partial charge in [0.25, 0.3) is 0 Å². The quantitative estimate of drug-likeness (QED) is 0.0721. The highest BCUT2D eigenvalue weighted by Gasteiger charge is 2.24. The predicted molar refractivity (Wildman–Crippen MR) is 163 cm³/mol. The Kier molecular flexibility index (Phi) is 18.9. The van der Waals surface area contributed by atoms with Crippen molar-refractivity contribution < 1.29 is 32.6 Å². The van der Waals surface area contributed by atoms with E-state index in [1.807, 2.05) is 35.2 Å². The number of nitrogens with one attached hydrogen (secondary N) is 1. The number of benzene rings is 1. The van der Waals surface area contributed by atoms with Crippen LogP contribution in [0.15, 0.2) is 54.9 Å². The van der Waals surface area contributed by atoms with Gasteiger partial charge in [0, 0.05) is 24.7 Å². The van der Waals surface area contributed by atoms with E-state index in [0.717, 1.165) is 12.8 Å². The fraction of sp³-hybridized carbons (Fsp3) is 0.625. The first kappa shape index (κ1) is 34.8. The Labute approximate surface area is 247 Å². The second-order valence-electron chi connectivity index (χ2n) is 10.6. The summed E-state index contributed by atoms with van der Waals surface area (Å²) in [6.07, 6.45) is 24.0. The van der Waals surface area contributed by atoms with Crippen molar-refractivity contribution in [2.45, 2.75) is 116 Å². The first-order chi connectivity index (χ1) is 20.0. The van der Waals surface area contributed by atoms with E-state index in [9.17, 15) is 14.3 Å². The molecule has 0 saturated carbocycles. The van der Waals surface area contributed by atoms with Crippen LogP contribution in [0.2, 0.25) is 0 Å². The van der Waals surface area contributed by atoms with Crippen LogP contribution in [0.4, 0.5) is 4.79 Å². The van der Waals surface area contributed by atoms with Crippen LogP contribution in [-0.2, 0) is 15.6 Å². The Balaban J connectivity index is 1.46. The molecule has 0 fully saturated rings. The van der Waals surface area contributed by atoms with Crippen LogP contribution in [0.1, 0.15) is 110 Å². The van der Waals surface area contributed by atoms with Crippen LogP contribution in [0.25, 0.3) is 0 Å². The second-order valence-corrected chi connectivity index (χ2v) is 12.0. The van der Waals surface area contributed by atoms with Crippen molar-refractivity contribution in [3.05, 3.63) is 54.9 Å². The van der Waals surface area contributed by atoms with Gasteiger partial charge in [-0.3, -0.25) is 9.42 Å². The van der Waals surface area contributed by atoms with Crippen molar-refractivity contribution in [1.29, 1.82) is 0 Å². The number of hydrogen-bond donors (Lipinski definition) is 2. The molecule has 1 heterocycles. The summed E-state index contributed by atoms with van der Waals surface area (Å²) < 4.78 is 29.6. The normalized spacial score (nSPS) is 12.5. The summed E-state index contributed by atoms with van der Waals surface area (Å²) in [6, 6.07) is 11.6. The molecular formula is C32H52N2O6P+. The van der Waals surface area contributed by atoms with E-state index in [0.29, 0.717) is 13.1 Å². The van der Waals surface area contributed by atoms with Gasteiger partial charge in [-0.1, -0.05) is 115 Å². The second kappa shape index (κ2) is 22.2. The number of ether oxygens (including phenoxy) is 1. The van der Waals surface area contributed by atoms with Crippen molar-refractivity contribution in [2.75, 3.05) is 13.2 Å². The number of unbranched alkanes of at least 4 members (excludes halogenated alkanes) is 15. The maximum absolute atomic E-state index is 12.3. The third kappa shape index (κ3) is 18.6. The van der Waals surface area contributed by atoms with E-state index >= 15 is 0 Å². The number of hydrogen-bond acceptors (Lipinski definition) is 5. The largest absolute Gasteiger partial charge is 0.527 e. The minimum Gasteiger partial charge on any atom is -0.410 e. The molecule has 0 aliphatic carbocycles. The first-order valence-electron chi connectivity index (χ1n) is 15.7. The Bertz CT molecular complexity index is 991. The molecule has 1 amide bonds. The summed E-state index contributed by atoms with van der Waals surface area (Å²) >= 11 is 0. The average molecular weight is 592 g/mol. The molecule has 9 heteroatoms. The summed E-state index contributed by atoms with van der Waals surface area (Å²) in [6.45, 7) is 3.22. The Morgan fingerprint density at radius 2 is 1.32 bits per heavy atom. The van der Waals surface area contributed by atoms with Gasteiger partial charge in [0.15, 0.2) is 18.9 Å². The summed E-state index contributed by atoms with van der Waals surface area (Å²) in [5.74, 6) is 0.290. The number of carbonyl (C=O) groups excluding carboxylic acids is 1. The van der Waals surface area contributed by atoms with Crippen LogP contribution in [0.5, 0.6) is 11.5 Å². The third-order valence-corrected chi connectivity index (χ3v) is 7.87. The van der Waals surface area contributed by atoms with E-state index < -0.39 is 13.9 Å². The fourth-order valence-corrected chi connectivity index (χ4v) is 5.35. The van der Waals surface area contributed by atoms with Crippen molar-refractivity contribution in [1.82, 2.24) is 5.32 Å². The highest BCUT2D eigenvalue weighted by Crippen LogP contribution is 2.44. The van der Waals surface area contributed by atoms with Crippen LogP contribution in [0, 0.1) is 0 Å². The Morgan fingerprint density at radius 3 is 1.90 bits per heavy atom. The molecule has 0 radical (unpaired) electrons. The molecule has 2 N–H and O–H groups in total. The summed E-state index contributed by atoms with van der Waals surface area (Å²) in [5, 5.41) is 2.76. The Morgan fingerprint density at radius 1 is 0.780 bits per heavy atom. The summed E-state index contributed by atoms with van der Waals surface area (Å²) in [7, 11) is -4.32. The molecule has 8 nitrogen and oxygen atoms in total. The molecule has 0 bridgehead atoms. The molecule has 1 aromatic heterocycles. The number of carbonyl (C=O) groups is 1. The minimum absolute atomic E-state index is 0.000408. The number of nitrogens with zero attached hydrogens (tertiary/aromatic N) is 1. The smallest absolute Gasteiger partial charge is 0.410 e. The molecular weight excluding hydrogens is 539 g/mol. The van der Waals surface area contributed by atoms with Crippen molar-refractivity contribution >= 4 is 13.9 Å². The molecule has 2 rings (SSSR count). The lowest BCUT2D eigenvalue weighted by Crippen LogP contribution is -2.34. The van der Waals surface area contributed by atoms with Gasteiger partial charge in [-0.05, 0) is 18.6 Å². The molecule has 1 aromatic carbocycles. The monoisotopic (exact) mass is 591 g/mol. The molecule has 0 aliphatic rings. The molecule has 41 heavy (non-hydrogen) atoms. The van der Waals surface area contributed by atoms with Gasteiger partial charge in [-0.2, -0.15) is 0 Å². The van der Waals surface area contributed by atoms with E-state index in [2.05, 4.69) is 12.2 Å². The van der Waals surface area contributed by atoms with E-state index in [1.165, 1.54) is 102 Å². The standard InChI is InChI=1S/C32H51N2O6P/c1-2-3-4-5-6-7-8-9-10-11-12-13-14-15-16-18-24-33-32(35)39-30-22-21-23-31(29-30)40-41(36,37)38-28-27-34-25-19-17-20-26-34/h17,19-23,25-26,29H,2-16,18,24,27-28H2,1H3,(H-,33,35,36,37)/p+1. The van der Waals surface area contributed by atoms with E-state index in [4.69, 9.17) is 13.8 Å². The first-order valence-corrected chi connectivity index (χ1v) is 17.1. The maximum Gasteiger partial charge on any atom is 0.527 e. The Hall–Kier alpha value is -2.41. The number of amides is 1. The van der Waals surface area contributed by atoms with E-state index in [-0.39, 0.29) is 18.1 Å². The van der Waals surface area contributed by atoms with Gasteiger partial charge in [0.2, 0.25) is 0 Å². The van der Waals surface area contributed by atoms with Gasteiger partial charge in [-0.25, -0.2) is 13.9 Å². The van der Waals surface area contributed by atoms with Crippen molar-refractivity contribution in [3.8, 4) is 11.5 Å². The summed E-state index contributed by atoms with van der Waals surface area (Å²) in [5.41, 5.74) is 0. The van der Waals surface area contributed by atoms with Crippen molar-refractivity contribution in [2.24, 2.45) is 0 Å². The minimum atomic E-state index is -4.32.